The largest absolute Gasteiger partial charge is 0.431 e. The molecule has 3 aromatic carbocycles. The van der Waals surface area contributed by atoms with E-state index < -0.39 is 12.1 Å². The predicted octanol–water partition coefficient (Wildman–Crippen LogP) is 7.70. The number of halogens is 2. The fourth-order valence-corrected chi connectivity index (χ4v) is 6.79. The molecule has 4 heterocycles. The van der Waals surface area contributed by atoms with Crippen LogP contribution in [0.25, 0.3) is 10.9 Å². The molecule has 0 radical (unpaired) electrons. The molecule has 0 spiro atoms. The Morgan fingerprint density at radius 2 is 1.72 bits per heavy atom. The van der Waals surface area contributed by atoms with E-state index in [-0.39, 0.29) is 0 Å². The Morgan fingerprint density at radius 3 is 2.51 bits per heavy atom. The van der Waals surface area contributed by atoms with Crippen LogP contribution in [0.3, 0.4) is 0 Å². The van der Waals surface area contributed by atoms with Gasteiger partial charge in [0.05, 0.1) is 13.2 Å². The van der Waals surface area contributed by atoms with Gasteiger partial charge in [0.2, 0.25) is 0 Å². The first kappa shape index (κ1) is 28.2. The maximum Gasteiger partial charge on any atom is 0.416 e. The number of nitrogens with one attached hydrogen (secondary N) is 1. The van der Waals surface area contributed by atoms with Gasteiger partial charge in [0, 0.05) is 63.9 Å². The number of carbonyl (C=O) groups excluding carboxylic acids is 1. The maximum absolute atomic E-state index is 13.6. The van der Waals surface area contributed by atoms with Crippen LogP contribution in [0.2, 0.25) is 10.0 Å². The van der Waals surface area contributed by atoms with Crippen LogP contribution < -0.4 is 9.47 Å². The summed E-state index contributed by atoms with van der Waals surface area (Å²) in [7, 11) is 0. The Bertz CT molecular complexity index is 1750. The van der Waals surface area contributed by atoms with Gasteiger partial charge in [-0.2, -0.15) is 0 Å². The zero-order valence-corrected chi connectivity index (χ0v) is 25.4. The third-order valence-corrected chi connectivity index (χ3v) is 9.11. The Kier molecular flexibility index (Phi) is 7.99. The molecule has 7 rings (SSSR count). The Hall–Kier alpha value is -3.60. The second-order valence-corrected chi connectivity index (χ2v) is 12.5. The van der Waals surface area contributed by atoms with Crippen LogP contribution in [0.15, 0.2) is 72.9 Å². The summed E-state index contributed by atoms with van der Waals surface area (Å²) in [6.07, 6.45) is 2.10. The Balaban J connectivity index is 1.15. The molecule has 2 aliphatic heterocycles. The second kappa shape index (κ2) is 12.2. The first-order chi connectivity index (χ1) is 21.0. The fraction of sp³-hybridized carbons (Fsp3) is 0.250. The smallest absolute Gasteiger partial charge is 0.416 e. The number of amides is 1. The lowest BCUT2D eigenvalue weighted by molar-refractivity contribution is 0.0346. The number of hydrogen-bond donors (Lipinski definition) is 1. The highest BCUT2D eigenvalue weighted by Gasteiger charge is 2.36. The average Bonchev–Trinajstić information content (AvgIpc) is 3.62. The first-order valence-electron chi connectivity index (χ1n) is 14.1. The minimum atomic E-state index is -0.439. The lowest BCUT2D eigenvalue weighted by atomic mass is 9.92. The van der Waals surface area contributed by atoms with Gasteiger partial charge >= 0.3 is 6.09 Å². The monoisotopic (exact) mass is 634 g/mol. The van der Waals surface area contributed by atoms with Gasteiger partial charge in [-0.05, 0) is 72.1 Å². The number of carbonyl (C=O) groups is 1. The van der Waals surface area contributed by atoms with Crippen LogP contribution in [0, 0.1) is 0 Å². The molecule has 220 valence electrons. The number of benzene rings is 3. The summed E-state index contributed by atoms with van der Waals surface area (Å²) in [4.78, 5) is 26.9. The second-order valence-electron chi connectivity index (χ2n) is 10.5. The third kappa shape index (κ3) is 6.09. The van der Waals surface area contributed by atoms with Crippen molar-refractivity contribution in [1.82, 2.24) is 19.8 Å². The van der Waals surface area contributed by atoms with E-state index in [1.165, 1.54) is 0 Å². The number of H-pyrrole nitrogens is 1. The summed E-state index contributed by atoms with van der Waals surface area (Å²) >= 11 is 13.9. The number of fused-ring (bicyclic) bond motifs is 3. The number of nitrogens with zero attached hydrogens (tertiary/aromatic N) is 3. The normalized spacial score (nSPS) is 17.2. The predicted molar refractivity (Wildman–Crippen MR) is 168 cm³/mol. The molecular weight excluding hydrogens is 607 g/mol. The molecule has 1 atom stereocenters. The highest BCUT2D eigenvalue weighted by molar-refractivity contribution is 7.13. The summed E-state index contributed by atoms with van der Waals surface area (Å²) < 4.78 is 17.3. The minimum absolute atomic E-state index is 0.399. The van der Waals surface area contributed by atoms with Gasteiger partial charge < -0.3 is 19.2 Å². The van der Waals surface area contributed by atoms with E-state index in [0.717, 1.165) is 65.4 Å². The molecule has 0 unspecified atom stereocenters. The SMILES string of the molecule is O=C(Oc1ccc(Cl)cc1)N1CCc2c([nH]c3ccc(Cl)cc23)[C@@H]1c1ccc(Oc2ncc(CN3CCOCC3)s2)cc1. The number of thiazole rings is 1. The van der Waals surface area contributed by atoms with Gasteiger partial charge in [-0.3, -0.25) is 9.80 Å². The van der Waals surface area contributed by atoms with Crippen LogP contribution in [0.1, 0.15) is 27.7 Å². The van der Waals surface area contributed by atoms with E-state index in [4.69, 9.17) is 37.4 Å². The van der Waals surface area contributed by atoms with Crippen molar-refractivity contribution in [3.8, 4) is 16.7 Å². The van der Waals surface area contributed by atoms with Crippen LogP contribution >= 0.6 is 34.5 Å². The van der Waals surface area contributed by atoms with Crippen LogP contribution in [-0.2, 0) is 17.7 Å². The van der Waals surface area contributed by atoms with Crippen LogP contribution in [-0.4, -0.2) is 58.7 Å². The summed E-state index contributed by atoms with van der Waals surface area (Å²) in [6, 6.07) is 20.0. The van der Waals surface area contributed by atoms with Crippen LogP contribution in [0.4, 0.5) is 4.79 Å². The van der Waals surface area contributed by atoms with Crippen molar-refractivity contribution in [2.24, 2.45) is 0 Å². The molecule has 1 saturated heterocycles. The zero-order valence-electron chi connectivity index (χ0n) is 23.1. The molecule has 0 bridgehead atoms. The van der Waals surface area contributed by atoms with Crippen molar-refractivity contribution in [3.63, 3.8) is 0 Å². The Morgan fingerprint density at radius 1 is 0.977 bits per heavy atom. The third-order valence-electron chi connectivity index (χ3n) is 7.76. The molecule has 2 aliphatic rings. The number of hydrogen-bond acceptors (Lipinski definition) is 7. The molecule has 43 heavy (non-hydrogen) atoms. The molecule has 1 fully saturated rings. The van der Waals surface area contributed by atoms with Gasteiger partial charge in [-0.15, -0.1) is 0 Å². The number of rotatable bonds is 6. The van der Waals surface area contributed by atoms with Gasteiger partial charge in [0.25, 0.3) is 5.19 Å². The first-order valence-corrected chi connectivity index (χ1v) is 15.6. The number of aromatic amines is 1. The summed E-state index contributed by atoms with van der Waals surface area (Å²) in [5, 5.41) is 2.91. The van der Waals surface area contributed by atoms with Gasteiger partial charge in [0.15, 0.2) is 0 Å². The lowest BCUT2D eigenvalue weighted by Gasteiger charge is -2.35. The molecule has 2 aromatic heterocycles. The highest BCUT2D eigenvalue weighted by Crippen LogP contribution is 2.40. The topological polar surface area (TPSA) is 79.9 Å². The van der Waals surface area contributed by atoms with E-state index in [1.54, 1.807) is 40.5 Å². The fourth-order valence-electron chi connectivity index (χ4n) is 5.67. The molecule has 0 saturated carbocycles. The van der Waals surface area contributed by atoms with Crippen molar-refractivity contribution >= 4 is 51.5 Å². The maximum atomic E-state index is 13.6. The van der Waals surface area contributed by atoms with Crippen LogP contribution in [0.5, 0.6) is 16.7 Å². The van der Waals surface area contributed by atoms with Gasteiger partial charge in [-0.25, -0.2) is 9.78 Å². The van der Waals surface area contributed by atoms with E-state index in [1.807, 2.05) is 48.7 Å². The molecule has 0 aliphatic carbocycles. The van der Waals surface area contributed by atoms with E-state index >= 15 is 0 Å². The molecule has 5 aromatic rings. The van der Waals surface area contributed by atoms with E-state index in [2.05, 4.69) is 14.9 Å². The lowest BCUT2D eigenvalue weighted by Crippen LogP contribution is -2.42. The quantitative estimate of drug-likeness (QED) is 0.206. The molecule has 8 nitrogen and oxygen atoms in total. The van der Waals surface area contributed by atoms with Gasteiger partial charge in [-0.1, -0.05) is 46.7 Å². The van der Waals surface area contributed by atoms with Gasteiger partial charge in [0.1, 0.15) is 17.5 Å². The van der Waals surface area contributed by atoms with Crippen molar-refractivity contribution in [2.75, 3.05) is 32.8 Å². The minimum Gasteiger partial charge on any atom is -0.431 e. The van der Waals surface area contributed by atoms with Crippen molar-refractivity contribution in [1.29, 1.82) is 0 Å². The summed E-state index contributed by atoms with van der Waals surface area (Å²) in [6.45, 7) is 4.69. The molecule has 11 heteroatoms. The standard InChI is InChI=1S/C32H28Cl2N4O4S/c33-21-3-8-24(9-4-21)42-32(39)38-12-11-26-27-17-22(34)5-10-28(27)36-29(26)30(38)20-1-6-23(7-2-20)41-31-35-18-25(43-31)19-37-13-15-40-16-14-37/h1-10,17-18,30,36H,11-16,19H2/t30-/m0/s1. The number of aromatic nitrogens is 2. The summed E-state index contributed by atoms with van der Waals surface area (Å²) in [5.41, 5.74) is 3.99. The van der Waals surface area contributed by atoms with Crippen molar-refractivity contribution < 1.29 is 19.0 Å². The van der Waals surface area contributed by atoms with E-state index in [0.29, 0.717) is 39.7 Å². The van der Waals surface area contributed by atoms with Crippen molar-refractivity contribution in [3.05, 3.63) is 105 Å². The zero-order chi connectivity index (χ0) is 29.3. The highest BCUT2D eigenvalue weighted by atomic mass is 35.5. The Labute approximate surface area is 262 Å². The molecule has 1 amide bonds. The molecule has 1 N–H and O–H groups in total. The number of morpholine rings is 1. The summed E-state index contributed by atoms with van der Waals surface area (Å²) in [5.74, 6) is 1.10. The average molecular weight is 636 g/mol. The molecular formula is C32H28Cl2N4O4S. The number of ether oxygens (including phenoxy) is 3. The van der Waals surface area contributed by atoms with E-state index in [9.17, 15) is 4.79 Å². The van der Waals surface area contributed by atoms with Crippen molar-refractivity contribution in [2.45, 2.75) is 19.0 Å².